The molecule has 1 aromatic heterocycles. The van der Waals surface area contributed by atoms with Gasteiger partial charge in [-0.2, -0.15) is 11.3 Å². The van der Waals surface area contributed by atoms with Crippen molar-refractivity contribution in [2.75, 3.05) is 5.32 Å². The predicted octanol–water partition coefficient (Wildman–Crippen LogP) is 3.92. The largest absolute Gasteiger partial charge is 0.378 e. The van der Waals surface area contributed by atoms with E-state index in [-0.39, 0.29) is 0 Å². The Morgan fingerprint density at radius 2 is 1.93 bits per heavy atom. The Kier molecular flexibility index (Phi) is 2.84. The molecule has 0 fully saturated rings. The highest BCUT2D eigenvalue weighted by Gasteiger charge is 2.03. The van der Waals surface area contributed by atoms with E-state index in [9.17, 15) is 0 Å². The molecule has 0 amide bonds. The summed E-state index contributed by atoms with van der Waals surface area (Å²) in [7, 11) is 0. The first-order valence-electron chi connectivity index (χ1n) is 4.70. The zero-order valence-corrected chi connectivity index (χ0v) is 8.92. The third kappa shape index (κ3) is 2.15. The average molecular weight is 203 g/mol. The van der Waals surface area contributed by atoms with E-state index in [2.05, 4.69) is 53.3 Å². The highest BCUT2D eigenvalue weighted by Crippen LogP contribution is 2.20. The number of nitrogens with one attached hydrogen (secondary N) is 1. The summed E-state index contributed by atoms with van der Waals surface area (Å²) in [6, 6.07) is 12.9. The minimum Gasteiger partial charge on any atom is -0.378 e. The van der Waals surface area contributed by atoms with Crippen molar-refractivity contribution in [1.82, 2.24) is 0 Å². The van der Waals surface area contributed by atoms with Crippen LogP contribution in [-0.4, -0.2) is 0 Å². The fraction of sp³-hybridized carbons (Fsp3) is 0.167. The van der Waals surface area contributed by atoms with E-state index in [1.165, 1.54) is 11.3 Å². The molecule has 1 unspecified atom stereocenters. The summed E-state index contributed by atoms with van der Waals surface area (Å²) in [5.41, 5.74) is 2.52. The molecule has 2 heteroatoms. The van der Waals surface area contributed by atoms with Crippen LogP contribution >= 0.6 is 11.3 Å². The third-order valence-corrected chi connectivity index (χ3v) is 2.89. The maximum Gasteiger partial charge on any atom is 0.0485 e. The zero-order chi connectivity index (χ0) is 9.80. The predicted molar refractivity (Wildman–Crippen MR) is 62.8 cm³/mol. The summed E-state index contributed by atoms with van der Waals surface area (Å²) in [4.78, 5) is 0. The van der Waals surface area contributed by atoms with Crippen LogP contribution < -0.4 is 5.32 Å². The second-order valence-corrected chi connectivity index (χ2v) is 4.07. The Bertz CT molecular complexity index is 366. The van der Waals surface area contributed by atoms with Crippen molar-refractivity contribution in [3.8, 4) is 0 Å². The summed E-state index contributed by atoms with van der Waals surface area (Å²) in [5, 5.41) is 7.66. The van der Waals surface area contributed by atoms with E-state index in [0.29, 0.717) is 6.04 Å². The molecule has 0 aliphatic rings. The van der Waals surface area contributed by atoms with Gasteiger partial charge in [0.15, 0.2) is 0 Å². The molecule has 1 heterocycles. The van der Waals surface area contributed by atoms with Crippen molar-refractivity contribution in [3.05, 3.63) is 52.7 Å². The van der Waals surface area contributed by atoms with Crippen LogP contribution in [0.1, 0.15) is 18.5 Å². The van der Waals surface area contributed by atoms with Gasteiger partial charge in [0.05, 0.1) is 0 Å². The molecule has 0 radical (unpaired) electrons. The van der Waals surface area contributed by atoms with E-state index in [1.54, 1.807) is 11.3 Å². The van der Waals surface area contributed by atoms with Gasteiger partial charge in [-0.1, -0.05) is 30.3 Å². The fourth-order valence-corrected chi connectivity index (χ4v) is 2.02. The monoisotopic (exact) mass is 203 g/mol. The Balaban J connectivity index is 2.07. The lowest BCUT2D eigenvalue weighted by molar-refractivity contribution is 0.886. The van der Waals surface area contributed by atoms with Gasteiger partial charge in [0.25, 0.3) is 0 Å². The van der Waals surface area contributed by atoms with E-state index >= 15 is 0 Å². The van der Waals surface area contributed by atoms with Crippen molar-refractivity contribution in [3.63, 3.8) is 0 Å². The van der Waals surface area contributed by atoms with Gasteiger partial charge in [-0.25, -0.2) is 0 Å². The highest BCUT2D eigenvalue weighted by molar-refractivity contribution is 7.08. The van der Waals surface area contributed by atoms with Gasteiger partial charge in [0.2, 0.25) is 0 Å². The molecule has 2 aromatic rings. The van der Waals surface area contributed by atoms with Gasteiger partial charge >= 0.3 is 0 Å². The quantitative estimate of drug-likeness (QED) is 0.797. The van der Waals surface area contributed by atoms with E-state index in [1.807, 2.05) is 6.07 Å². The first-order valence-corrected chi connectivity index (χ1v) is 5.64. The van der Waals surface area contributed by atoms with Gasteiger partial charge in [-0.3, -0.25) is 0 Å². The van der Waals surface area contributed by atoms with Crippen molar-refractivity contribution in [2.45, 2.75) is 13.0 Å². The Morgan fingerprint density at radius 3 is 2.57 bits per heavy atom. The molecule has 0 bridgehead atoms. The number of anilines is 1. The second kappa shape index (κ2) is 4.29. The number of rotatable bonds is 3. The van der Waals surface area contributed by atoms with Crippen LogP contribution in [0.5, 0.6) is 0 Å². The maximum atomic E-state index is 3.45. The van der Waals surface area contributed by atoms with Gasteiger partial charge in [-0.15, -0.1) is 0 Å². The molecule has 1 nitrogen and oxygen atoms in total. The lowest BCUT2D eigenvalue weighted by atomic mass is 10.1. The van der Waals surface area contributed by atoms with Crippen molar-refractivity contribution < 1.29 is 0 Å². The smallest absolute Gasteiger partial charge is 0.0485 e. The summed E-state index contributed by atoms with van der Waals surface area (Å²) >= 11 is 1.71. The summed E-state index contributed by atoms with van der Waals surface area (Å²) in [5.74, 6) is 0. The third-order valence-electron chi connectivity index (χ3n) is 2.20. The average Bonchev–Trinajstić information content (AvgIpc) is 2.72. The second-order valence-electron chi connectivity index (χ2n) is 3.29. The van der Waals surface area contributed by atoms with Gasteiger partial charge in [0, 0.05) is 17.1 Å². The molecule has 0 spiro atoms. The van der Waals surface area contributed by atoms with Crippen molar-refractivity contribution >= 4 is 17.0 Å². The Labute approximate surface area is 88.4 Å². The number of hydrogen-bond donors (Lipinski definition) is 1. The topological polar surface area (TPSA) is 12.0 Å². The van der Waals surface area contributed by atoms with Gasteiger partial charge in [-0.05, 0) is 23.9 Å². The van der Waals surface area contributed by atoms with Crippen LogP contribution in [0.25, 0.3) is 0 Å². The molecule has 1 aromatic carbocycles. The van der Waals surface area contributed by atoms with E-state index < -0.39 is 0 Å². The first kappa shape index (κ1) is 9.28. The Hall–Kier alpha value is -1.28. The summed E-state index contributed by atoms with van der Waals surface area (Å²) < 4.78 is 0. The maximum absolute atomic E-state index is 3.45. The summed E-state index contributed by atoms with van der Waals surface area (Å²) in [6.45, 7) is 2.17. The molecule has 0 aliphatic heterocycles. The van der Waals surface area contributed by atoms with E-state index in [0.717, 1.165) is 0 Å². The first-order chi connectivity index (χ1) is 6.86. The summed E-state index contributed by atoms with van der Waals surface area (Å²) in [6.07, 6.45) is 0. The van der Waals surface area contributed by atoms with Gasteiger partial charge in [0.1, 0.15) is 0 Å². The number of thiophene rings is 1. The van der Waals surface area contributed by atoms with Crippen LogP contribution in [0.2, 0.25) is 0 Å². The van der Waals surface area contributed by atoms with Crippen LogP contribution in [0.15, 0.2) is 47.2 Å². The molecule has 14 heavy (non-hydrogen) atoms. The van der Waals surface area contributed by atoms with Crippen LogP contribution in [-0.2, 0) is 0 Å². The molecule has 0 saturated heterocycles. The SMILES string of the molecule is CC(Nc1ccsc1)c1ccccc1. The van der Waals surface area contributed by atoms with Crippen LogP contribution in [0.3, 0.4) is 0 Å². The molecule has 1 atom stereocenters. The molecule has 1 N–H and O–H groups in total. The van der Waals surface area contributed by atoms with Gasteiger partial charge < -0.3 is 5.32 Å². The van der Waals surface area contributed by atoms with Crippen LogP contribution in [0.4, 0.5) is 5.69 Å². The normalized spacial score (nSPS) is 12.4. The molecule has 2 rings (SSSR count). The lowest BCUT2D eigenvalue weighted by Gasteiger charge is -2.13. The molecular weight excluding hydrogens is 190 g/mol. The Morgan fingerprint density at radius 1 is 1.14 bits per heavy atom. The van der Waals surface area contributed by atoms with Crippen molar-refractivity contribution in [1.29, 1.82) is 0 Å². The molecule has 72 valence electrons. The fourth-order valence-electron chi connectivity index (χ4n) is 1.42. The van der Waals surface area contributed by atoms with Crippen molar-refractivity contribution in [2.24, 2.45) is 0 Å². The van der Waals surface area contributed by atoms with E-state index in [4.69, 9.17) is 0 Å². The minimum absolute atomic E-state index is 0.366. The minimum atomic E-state index is 0.366. The number of benzene rings is 1. The molecule has 0 saturated carbocycles. The standard InChI is InChI=1S/C12H13NS/c1-10(11-5-3-2-4-6-11)13-12-7-8-14-9-12/h2-10,13H,1H3. The lowest BCUT2D eigenvalue weighted by Crippen LogP contribution is -2.05. The molecule has 0 aliphatic carbocycles. The zero-order valence-electron chi connectivity index (χ0n) is 8.10. The number of hydrogen-bond acceptors (Lipinski definition) is 2. The van der Waals surface area contributed by atoms with Crippen LogP contribution in [0, 0.1) is 0 Å². The molecular formula is C12H13NS. The highest BCUT2D eigenvalue weighted by atomic mass is 32.1.